The SMILES string of the molecule is CCCCCCCCCCC1Cc2ccc(-c3ccc(C(F)(F)C(F)(F)C(F)(F)C(F)(F)C(F)(F)C(F)(F)F)cc3)cc2C1. The third-order valence-corrected chi connectivity index (χ3v) is 8.20. The van der Waals surface area contributed by atoms with Crippen LogP contribution in [0.5, 0.6) is 0 Å². The maximum Gasteiger partial charge on any atom is 0.460 e. The van der Waals surface area contributed by atoms with Gasteiger partial charge in [0.25, 0.3) is 0 Å². The van der Waals surface area contributed by atoms with Gasteiger partial charge in [-0.2, -0.15) is 57.1 Å². The lowest BCUT2D eigenvalue weighted by Gasteiger charge is -2.39. The van der Waals surface area contributed by atoms with Crippen molar-refractivity contribution in [2.75, 3.05) is 0 Å². The Bertz CT molecular complexity index is 1230. The molecule has 2 aromatic rings. The molecule has 0 fully saturated rings. The first-order valence-electron chi connectivity index (χ1n) is 14.4. The summed E-state index contributed by atoms with van der Waals surface area (Å²) in [6.07, 6.45) is 4.71. The summed E-state index contributed by atoms with van der Waals surface area (Å²) in [7, 11) is 0. The molecule has 0 N–H and O–H groups in total. The number of alkyl halides is 13. The fraction of sp³-hybridized carbons (Fsp3) is 0.613. The van der Waals surface area contributed by atoms with E-state index < -0.39 is 41.4 Å². The molecule has 3 rings (SSSR count). The molecule has 0 saturated carbocycles. The van der Waals surface area contributed by atoms with Gasteiger partial charge in [-0.15, -0.1) is 0 Å². The van der Waals surface area contributed by atoms with Crippen LogP contribution in [0, 0.1) is 5.92 Å². The van der Waals surface area contributed by atoms with Gasteiger partial charge >= 0.3 is 35.8 Å². The van der Waals surface area contributed by atoms with Crippen molar-refractivity contribution in [1.29, 1.82) is 0 Å². The summed E-state index contributed by atoms with van der Waals surface area (Å²) in [5, 5.41) is 0. The zero-order valence-electron chi connectivity index (χ0n) is 23.8. The minimum absolute atomic E-state index is 0.169. The highest BCUT2D eigenvalue weighted by atomic mass is 19.4. The molecular weight excluding hydrogens is 619 g/mol. The Labute approximate surface area is 247 Å². The second-order valence-electron chi connectivity index (χ2n) is 11.5. The highest BCUT2D eigenvalue weighted by Gasteiger charge is 2.90. The minimum Gasteiger partial charge on any atom is -0.194 e. The van der Waals surface area contributed by atoms with E-state index in [9.17, 15) is 57.1 Å². The molecule has 0 spiro atoms. The third-order valence-electron chi connectivity index (χ3n) is 8.20. The van der Waals surface area contributed by atoms with Gasteiger partial charge in [-0.1, -0.05) is 101 Å². The molecule has 0 aromatic heterocycles. The van der Waals surface area contributed by atoms with Crippen LogP contribution in [0.2, 0.25) is 0 Å². The lowest BCUT2D eigenvalue weighted by Crippen LogP contribution is -2.69. The fourth-order valence-electron chi connectivity index (χ4n) is 5.48. The predicted octanol–water partition coefficient (Wildman–Crippen LogP) is 11.8. The summed E-state index contributed by atoms with van der Waals surface area (Å²) >= 11 is 0. The monoisotopic (exact) mass is 652 g/mol. The molecule has 1 aliphatic rings. The van der Waals surface area contributed by atoms with E-state index in [4.69, 9.17) is 0 Å². The lowest BCUT2D eigenvalue weighted by atomic mass is 9.90. The van der Waals surface area contributed by atoms with Gasteiger partial charge in [-0.25, -0.2) is 0 Å². The Morgan fingerprint density at radius 2 is 1.00 bits per heavy atom. The topological polar surface area (TPSA) is 0 Å². The summed E-state index contributed by atoms with van der Waals surface area (Å²) in [6, 6.07) is 7.25. The van der Waals surface area contributed by atoms with Crippen molar-refractivity contribution < 1.29 is 57.1 Å². The van der Waals surface area contributed by atoms with Crippen molar-refractivity contribution >= 4 is 0 Å². The van der Waals surface area contributed by atoms with E-state index in [1.54, 1.807) is 12.1 Å². The summed E-state index contributed by atoms with van der Waals surface area (Å²) in [4.78, 5) is 0. The molecule has 0 heterocycles. The first-order valence-corrected chi connectivity index (χ1v) is 14.4. The maximum atomic E-state index is 14.5. The summed E-state index contributed by atoms with van der Waals surface area (Å²) in [5.74, 6) is -36.7. The summed E-state index contributed by atoms with van der Waals surface area (Å²) in [5.41, 5.74) is 0.715. The highest BCUT2D eigenvalue weighted by Crippen LogP contribution is 2.62. The molecule has 0 amide bonds. The van der Waals surface area contributed by atoms with Crippen molar-refractivity contribution in [3.8, 4) is 11.1 Å². The van der Waals surface area contributed by atoms with Crippen molar-refractivity contribution in [3.63, 3.8) is 0 Å². The van der Waals surface area contributed by atoms with Gasteiger partial charge in [0.2, 0.25) is 0 Å². The number of halogens is 13. The second-order valence-corrected chi connectivity index (χ2v) is 11.5. The average molecular weight is 653 g/mol. The number of unbranched alkanes of at least 4 members (excludes halogenated alkanes) is 7. The molecule has 13 heteroatoms. The van der Waals surface area contributed by atoms with E-state index in [2.05, 4.69) is 6.92 Å². The highest BCUT2D eigenvalue weighted by molar-refractivity contribution is 5.66. The molecule has 0 saturated heterocycles. The van der Waals surface area contributed by atoms with Gasteiger partial charge in [0, 0.05) is 5.56 Å². The van der Waals surface area contributed by atoms with Crippen LogP contribution < -0.4 is 0 Å². The van der Waals surface area contributed by atoms with Crippen LogP contribution in [0.4, 0.5) is 57.1 Å². The van der Waals surface area contributed by atoms with E-state index in [0.29, 0.717) is 11.5 Å². The first kappa shape index (κ1) is 36.0. The Morgan fingerprint density at radius 3 is 1.55 bits per heavy atom. The van der Waals surface area contributed by atoms with Crippen LogP contribution in [0.1, 0.15) is 81.4 Å². The van der Waals surface area contributed by atoms with E-state index >= 15 is 0 Å². The Kier molecular flexibility index (Phi) is 10.7. The molecule has 0 radical (unpaired) electrons. The van der Waals surface area contributed by atoms with Gasteiger partial charge in [0.05, 0.1) is 0 Å². The molecule has 1 unspecified atom stereocenters. The second kappa shape index (κ2) is 13.1. The normalized spacial score (nSPS) is 16.8. The van der Waals surface area contributed by atoms with Crippen LogP contribution in [-0.2, 0) is 18.8 Å². The van der Waals surface area contributed by atoms with Gasteiger partial charge in [-0.3, -0.25) is 0 Å². The molecule has 2 aromatic carbocycles. The number of fused-ring (bicyclic) bond motifs is 1. The van der Waals surface area contributed by atoms with Crippen LogP contribution in [0.3, 0.4) is 0 Å². The zero-order chi connectivity index (χ0) is 33.2. The van der Waals surface area contributed by atoms with Crippen molar-refractivity contribution in [2.24, 2.45) is 5.92 Å². The molecule has 44 heavy (non-hydrogen) atoms. The average Bonchev–Trinajstić information content (AvgIpc) is 3.35. The van der Waals surface area contributed by atoms with Gasteiger partial charge < -0.3 is 0 Å². The van der Waals surface area contributed by atoms with Crippen LogP contribution >= 0.6 is 0 Å². The Hall–Kier alpha value is -2.47. The van der Waals surface area contributed by atoms with Gasteiger partial charge in [0.15, 0.2) is 0 Å². The third kappa shape index (κ3) is 6.71. The van der Waals surface area contributed by atoms with E-state index in [-0.39, 0.29) is 17.7 Å². The van der Waals surface area contributed by atoms with Crippen LogP contribution in [0.15, 0.2) is 42.5 Å². The predicted molar refractivity (Wildman–Crippen MR) is 140 cm³/mol. The number of rotatable bonds is 15. The Morgan fingerprint density at radius 1 is 0.523 bits per heavy atom. The number of hydrogen-bond donors (Lipinski definition) is 0. The fourth-order valence-corrected chi connectivity index (χ4v) is 5.48. The largest absolute Gasteiger partial charge is 0.460 e. The summed E-state index contributed by atoms with van der Waals surface area (Å²) < 4.78 is 176. The molecule has 248 valence electrons. The summed E-state index contributed by atoms with van der Waals surface area (Å²) in [6.45, 7) is 2.16. The van der Waals surface area contributed by atoms with Crippen LogP contribution in [-0.4, -0.2) is 29.9 Å². The lowest BCUT2D eigenvalue weighted by molar-refractivity contribution is -0.441. The molecule has 0 bridgehead atoms. The van der Waals surface area contributed by atoms with Gasteiger partial charge in [-0.05, 0) is 47.4 Å². The van der Waals surface area contributed by atoms with E-state index in [1.165, 1.54) is 38.5 Å². The Balaban J connectivity index is 1.70. The molecule has 0 aliphatic heterocycles. The minimum atomic E-state index is -7.92. The van der Waals surface area contributed by atoms with E-state index in [0.717, 1.165) is 55.4 Å². The smallest absolute Gasteiger partial charge is 0.194 e. The van der Waals surface area contributed by atoms with Crippen LogP contribution in [0.25, 0.3) is 11.1 Å². The quantitative estimate of drug-likeness (QED) is 0.133. The van der Waals surface area contributed by atoms with Crippen molar-refractivity contribution in [3.05, 3.63) is 59.2 Å². The maximum absolute atomic E-state index is 14.5. The molecule has 1 aliphatic carbocycles. The molecule has 0 nitrogen and oxygen atoms in total. The van der Waals surface area contributed by atoms with Crippen molar-refractivity contribution in [2.45, 2.75) is 113 Å². The zero-order valence-corrected chi connectivity index (χ0v) is 23.8. The first-order chi connectivity index (χ1) is 20.2. The van der Waals surface area contributed by atoms with E-state index in [1.807, 2.05) is 6.07 Å². The standard InChI is InChI=1S/C31H33F13/c1-2-3-4-5-6-7-8-9-10-20-17-22-11-12-23(19-24(22)18-20)21-13-15-25(16-14-21)26(32,33)27(34,35)28(36,37)29(38,39)30(40,41)31(42,43)44/h11-16,19-20H,2-10,17-18H2,1H3. The molecular formula is C31H33F13. The number of benzene rings is 2. The molecule has 1 atom stereocenters. The number of hydrogen-bond acceptors (Lipinski definition) is 0. The van der Waals surface area contributed by atoms with Crippen molar-refractivity contribution in [1.82, 2.24) is 0 Å². The van der Waals surface area contributed by atoms with Gasteiger partial charge in [0.1, 0.15) is 0 Å².